The molecule has 0 saturated heterocycles. The van der Waals surface area contributed by atoms with Crippen LogP contribution in [0.2, 0.25) is 0 Å². The summed E-state index contributed by atoms with van der Waals surface area (Å²) < 4.78 is 4.80. The van der Waals surface area contributed by atoms with Gasteiger partial charge in [0.15, 0.2) is 0 Å². The second-order valence-corrected chi connectivity index (χ2v) is 3.35. The van der Waals surface area contributed by atoms with Gasteiger partial charge in [0.2, 0.25) is 0 Å². The van der Waals surface area contributed by atoms with Gasteiger partial charge in [0, 0.05) is 5.57 Å². The van der Waals surface area contributed by atoms with Crippen LogP contribution in [0, 0.1) is 0 Å². The number of rotatable bonds is 3. The Morgan fingerprint density at radius 2 is 2.07 bits per heavy atom. The van der Waals surface area contributed by atoms with E-state index in [1.165, 1.54) is 0 Å². The second-order valence-electron chi connectivity index (χ2n) is 3.35. The van der Waals surface area contributed by atoms with Crippen LogP contribution in [0.15, 0.2) is 48.1 Å². The first kappa shape index (κ1) is 9.71. The van der Waals surface area contributed by atoms with Crippen LogP contribution in [-0.4, -0.2) is 12.6 Å². The third-order valence-corrected chi connectivity index (χ3v) is 2.25. The molecule has 0 bridgehead atoms. The third-order valence-electron chi connectivity index (χ3n) is 2.25. The fourth-order valence-corrected chi connectivity index (χ4v) is 1.45. The quantitative estimate of drug-likeness (QED) is 0.701. The minimum absolute atomic E-state index is 0.187. The Morgan fingerprint density at radius 3 is 2.73 bits per heavy atom. The Labute approximate surface area is 88.9 Å². The smallest absolute Gasteiger partial charge is 0.334 e. The van der Waals surface area contributed by atoms with Crippen molar-refractivity contribution >= 4 is 12.0 Å². The molecule has 0 saturated carbocycles. The first-order valence-corrected chi connectivity index (χ1v) is 4.94. The monoisotopic (exact) mass is 200 g/mol. The summed E-state index contributed by atoms with van der Waals surface area (Å²) in [6.45, 7) is 0.424. The molecule has 1 heterocycles. The summed E-state index contributed by atoms with van der Waals surface area (Å²) >= 11 is 0. The van der Waals surface area contributed by atoms with Crippen LogP contribution in [-0.2, 0) is 9.53 Å². The van der Waals surface area contributed by atoms with E-state index >= 15 is 0 Å². The van der Waals surface area contributed by atoms with Crippen molar-refractivity contribution in [3.8, 4) is 0 Å². The van der Waals surface area contributed by atoms with Crippen LogP contribution in [0.4, 0.5) is 0 Å². The molecular formula is C13H12O2. The van der Waals surface area contributed by atoms with Crippen LogP contribution in [0.25, 0.3) is 6.08 Å². The summed E-state index contributed by atoms with van der Waals surface area (Å²) in [6, 6.07) is 10.0. The minimum atomic E-state index is -0.187. The summed E-state index contributed by atoms with van der Waals surface area (Å²) in [5.74, 6) is -0.187. The van der Waals surface area contributed by atoms with E-state index < -0.39 is 0 Å². The maximum atomic E-state index is 11.1. The molecule has 2 nitrogen and oxygen atoms in total. The van der Waals surface area contributed by atoms with Gasteiger partial charge in [-0.2, -0.15) is 0 Å². The van der Waals surface area contributed by atoms with Crippen LogP contribution < -0.4 is 0 Å². The molecule has 1 aromatic carbocycles. The van der Waals surface area contributed by atoms with Crippen molar-refractivity contribution < 1.29 is 9.53 Å². The lowest BCUT2D eigenvalue weighted by atomic mass is 10.1. The molecule has 0 amide bonds. The fraction of sp³-hybridized carbons (Fsp3) is 0.154. The van der Waals surface area contributed by atoms with Crippen LogP contribution in [0.1, 0.15) is 12.0 Å². The molecular weight excluding hydrogens is 188 g/mol. The van der Waals surface area contributed by atoms with E-state index in [0.717, 1.165) is 11.1 Å². The Balaban J connectivity index is 1.93. The third kappa shape index (κ3) is 2.56. The normalized spacial score (nSPS) is 15.5. The molecule has 0 aliphatic carbocycles. The predicted molar refractivity (Wildman–Crippen MR) is 59.1 cm³/mol. The van der Waals surface area contributed by atoms with Crippen LogP contribution in [0.5, 0.6) is 0 Å². The molecule has 2 rings (SSSR count). The number of hydrogen-bond acceptors (Lipinski definition) is 2. The molecule has 0 radical (unpaired) electrons. The Bertz CT molecular complexity index is 402. The van der Waals surface area contributed by atoms with E-state index in [0.29, 0.717) is 13.0 Å². The van der Waals surface area contributed by atoms with E-state index in [1.807, 2.05) is 48.6 Å². The van der Waals surface area contributed by atoms with Gasteiger partial charge in [0.1, 0.15) is 6.61 Å². The lowest BCUT2D eigenvalue weighted by Gasteiger charge is -1.94. The molecule has 0 atom stereocenters. The van der Waals surface area contributed by atoms with Gasteiger partial charge in [-0.25, -0.2) is 4.79 Å². The van der Waals surface area contributed by atoms with Gasteiger partial charge >= 0.3 is 5.97 Å². The number of cyclic esters (lactones) is 1. The lowest BCUT2D eigenvalue weighted by molar-refractivity contribution is -0.136. The summed E-state index contributed by atoms with van der Waals surface area (Å²) in [4.78, 5) is 11.1. The van der Waals surface area contributed by atoms with Gasteiger partial charge in [0.05, 0.1) is 0 Å². The molecule has 0 aromatic heterocycles. The number of ether oxygens (including phenoxy) is 1. The van der Waals surface area contributed by atoms with E-state index in [9.17, 15) is 4.79 Å². The number of benzene rings is 1. The highest BCUT2D eigenvalue weighted by Gasteiger charge is 2.14. The van der Waals surface area contributed by atoms with E-state index in [2.05, 4.69) is 0 Å². The van der Waals surface area contributed by atoms with Crippen molar-refractivity contribution in [2.75, 3.05) is 6.61 Å². The Kier molecular flexibility index (Phi) is 2.98. The summed E-state index contributed by atoms with van der Waals surface area (Å²) in [5.41, 5.74) is 1.90. The number of carbonyl (C=O) groups is 1. The average molecular weight is 200 g/mol. The zero-order valence-corrected chi connectivity index (χ0v) is 8.35. The summed E-state index contributed by atoms with van der Waals surface area (Å²) in [5, 5.41) is 0. The highest BCUT2D eigenvalue weighted by atomic mass is 16.5. The molecule has 76 valence electrons. The molecule has 0 N–H and O–H groups in total. The van der Waals surface area contributed by atoms with E-state index in [4.69, 9.17) is 4.74 Å². The number of allylic oxidation sites excluding steroid dienone is 1. The van der Waals surface area contributed by atoms with Crippen molar-refractivity contribution in [2.45, 2.75) is 6.42 Å². The van der Waals surface area contributed by atoms with Gasteiger partial charge in [-0.15, -0.1) is 0 Å². The topological polar surface area (TPSA) is 26.3 Å². The van der Waals surface area contributed by atoms with Gasteiger partial charge in [-0.05, 0) is 18.1 Å². The molecule has 0 spiro atoms. The second kappa shape index (κ2) is 4.60. The molecule has 0 fully saturated rings. The SMILES string of the molecule is O=C1OCC=C1C/C=C/c1ccccc1. The van der Waals surface area contributed by atoms with Crippen LogP contribution >= 0.6 is 0 Å². The Morgan fingerprint density at radius 1 is 1.27 bits per heavy atom. The van der Waals surface area contributed by atoms with Gasteiger partial charge in [-0.1, -0.05) is 42.5 Å². The first-order valence-electron chi connectivity index (χ1n) is 4.94. The standard InChI is InChI=1S/C13H12O2/c14-13-12(9-10-15-13)8-4-7-11-5-2-1-3-6-11/h1-7,9H,8,10H2/b7-4+. The fourth-order valence-electron chi connectivity index (χ4n) is 1.45. The molecule has 1 aromatic rings. The van der Waals surface area contributed by atoms with Crippen molar-refractivity contribution in [3.63, 3.8) is 0 Å². The molecule has 1 aliphatic rings. The Hall–Kier alpha value is -1.83. The highest BCUT2D eigenvalue weighted by molar-refractivity contribution is 5.90. The van der Waals surface area contributed by atoms with Gasteiger partial charge in [0.25, 0.3) is 0 Å². The molecule has 15 heavy (non-hydrogen) atoms. The van der Waals surface area contributed by atoms with Gasteiger partial charge in [-0.3, -0.25) is 0 Å². The van der Waals surface area contributed by atoms with Crippen molar-refractivity contribution in [3.05, 3.63) is 53.6 Å². The number of esters is 1. The molecule has 0 unspecified atom stereocenters. The van der Waals surface area contributed by atoms with Crippen molar-refractivity contribution in [1.29, 1.82) is 0 Å². The highest BCUT2D eigenvalue weighted by Crippen LogP contribution is 2.12. The number of hydrogen-bond donors (Lipinski definition) is 0. The van der Waals surface area contributed by atoms with Gasteiger partial charge < -0.3 is 4.74 Å². The van der Waals surface area contributed by atoms with Crippen molar-refractivity contribution in [2.24, 2.45) is 0 Å². The maximum Gasteiger partial charge on any atom is 0.334 e. The largest absolute Gasteiger partial charge is 0.458 e. The zero-order chi connectivity index (χ0) is 10.5. The van der Waals surface area contributed by atoms with E-state index in [1.54, 1.807) is 0 Å². The lowest BCUT2D eigenvalue weighted by Crippen LogP contribution is -1.97. The molecule has 1 aliphatic heterocycles. The summed E-state index contributed by atoms with van der Waals surface area (Å²) in [6.07, 6.45) is 6.46. The predicted octanol–water partition coefficient (Wildman–Crippen LogP) is 2.57. The van der Waals surface area contributed by atoms with E-state index in [-0.39, 0.29) is 5.97 Å². The number of carbonyl (C=O) groups excluding carboxylic acids is 1. The van der Waals surface area contributed by atoms with Crippen LogP contribution in [0.3, 0.4) is 0 Å². The first-order chi connectivity index (χ1) is 7.36. The average Bonchev–Trinajstić information content (AvgIpc) is 2.66. The summed E-state index contributed by atoms with van der Waals surface area (Å²) in [7, 11) is 0. The maximum absolute atomic E-state index is 11.1. The minimum Gasteiger partial charge on any atom is -0.458 e. The molecule has 2 heteroatoms. The zero-order valence-electron chi connectivity index (χ0n) is 8.35. The van der Waals surface area contributed by atoms with Crippen molar-refractivity contribution in [1.82, 2.24) is 0 Å².